The van der Waals surface area contributed by atoms with Crippen LogP contribution in [0.2, 0.25) is 0 Å². The zero-order chi connectivity index (χ0) is 20.2. The van der Waals surface area contributed by atoms with E-state index >= 15 is 0 Å². The van der Waals surface area contributed by atoms with E-state index in [9.17, 15) is 4.79 Å². The van der Waals surface area contributed by atoms with E-state index in [0.29, 0.717) is 6.61 Å². The second-order valence-electron chi connectivity index (χ2n) is 6.99. The second-order valence-corrected chi connectivity index (χ2v) is 6.99. The topological polar surface area (TPSA) is 67.0 Å². The molecule has 3 aromatic carbocycles. The predicted octanol–water partition coefficient (Wildman–Crippen LogP) is 5.25. The number of H-pyrrole nitrogens is 1. The molecule has 5 nitrogen and oxygen atoms in total. The first-order chi connectivity index (χ1) is 14.1. The smallest absolute Gasteiger partial charge is 0.227 e. The number of benzene rings is 3. The lowest BCUT2D eigenvalue weighted by Crippen LogP contribution is -2.16. The van der Waals surface area contributed by atoms with Crippen molar-refractivity contribution in [3.8, 4) is 17.1 Å². The third-order valence-electron chi connectivity index (χ3n) is 4.99. The molecule has 0 aliphatic rings. The largest absolute Gasteiger partial charge is 0.493 e. The quantitative estimate of drug-likeness (QED) is 0.476. The lowest BCUT2D eigenvalue weighted by atomic mass is 10.1. The molecule has 0 atom stereocenters. The maximum atomic E-state index is 12.5. The second kappa shape index (κ2) is 8.19. The van der Waals surface area contributed by atoms with Gasteiger partial charge < -0.3 is 15.0 Å². The van der Waals surface area contributed by atoms with Crippen LogP contribution in [0.5, 0.6) is 5.75 Å². The van der Waals surface area contributed by atoms with E-state index in [0.717, 1.165) is 39.4 Å². The highest BCUT2D eigenvalue weighted by Gasteiger charge is 2.12. The number of carbonyl (C=O) groups excluding carboxylic acids is 1. The minimum absolute atomic E-state index is 0.0983. The zero-order valence-electron chi connectivity index (χ0n) is 16.5. The Morgan fingerprint density at radius 3 is 2.66 bits per heavy atom. The first kappa shape index (κ1) is 18.7. The number of nitrogens with one attached hydrogen (secondary N) is 2. The van der Waals surface area contributed by atoms with E-state index in [-0.39, 0.29) is 12.3 Å². The Morgan fingerprint density at radius 1 is 1.00 bits per heavy atom. The highest BCUT2D eigenvalue weighted by Crippen LogP contribution is 2.27. The van der Waals surface area contributed by atoms with E-state index in [1.165, 1.54) is 5.56 Å². The number of aromatic nitrogens is 2. The SMILES string of the molecule is Cc1cccc(OCCC(=O)Nc2ccccc2-c2nc3ccccc3[nH]2)c1C. The standard InChI is InChI=1S/C24H23N3O2/c1-16-8-7-13-22(17(16)2)29-15-14-23(28)25-19-10-4-3-9-18(19)24-26-20-11-5-6-12-21(20)27-24/h3-13H,14-15H2,1-2H3,(H,25,28)(H,26,27). The van der Waals surface area contributed by atoms with E-state index in [1.54, 1.807) is 0 Å². The summed E-state index contributed by atoms with van der Waals surface area (Å²) in [6, 6.07) is 21.5. The van der Waals surface area contributed by atoms with Gasteiger partial charge in [-0.2, -0.15) is 0 Å². The fourth-order valence-electron chi connectivity index (χ4n) is 3.23. The van der Waals surface area contributed by atoms with Crippen molar-refractivity contribution in [2.24, 2.45) is 0 Å². The van der Waals surface area contributed by atoms with Gasteiger partial charge in [0.15, 0.2) is 0 Å². The van der Waals surface area contributed by atoms with Gasteiger partial charge >= 0.3 is 0 Å². The van der Waals surface area contributed by atoms with Gasteiger partial charge in [0, 0.05) is 5.56 Å². The fraction of sp³-hybridized carbons (Fsp3) is 0.167. The van der Waals surface area contributed by atoms with Gasteiger partial charge in [-0.1, -0.05) is 36.4 Å². The molecule has 4 rings (SSSR count). The fourth-order valence-corrected chi connectivity index (χ4v) is 3.23. The molecule has 1 amide bonds. The van der Waals surface area contributed by atoms with Crippen LogP contribution in [-0.2, 0) is 4.79 Å². The van der Waals surface area contributed by atoms with E-state index < -0.39 is 0 Å². The summed E-state index contributed by atoms with van der Waals surface area (Å²) in [7, 11) is 0. The Hall–Kier alpha value is -3.60. The Balaban J connectivity index is 1.44. The van der Waals surface area contributed by atoms with Crippen molar-refractivity contribution in [1.29, 1.82) is 0 Å². The average molecular weight is 385 g/mol. The average Bonchev–Trinajstić information content (AvgIpc) is 3.15. The number of ether oxygens (including phenoxy) is 1. The number of aryl methyl sites for hydroxylation is 1. The van der Waals surface area contributed by atoms with Gasteiger partial charge in [-0.15, -0.1) is 0 Å². The summed E-state index contributed by atoms with van der Waals surface area (Å²) in [5.41, 5.74) is 5.71. The molecule has 1 heterocycles. The highest BCUT2D eigenvalue weighted by atomic mass is 16.5. The maximum absolute atomic E-state index is 12.5. The number of aromatic amines is 1. The molecule has 0 fully saturated rings. The number of anilines is 1. The number of imidazole rings is 1. The first-order valence-corrected chi connectivity index (χ1v) is 9.65. The summed E-state index contributed by atoms with van der Waals surface area (Å²) in [5.74, 6) is 1.45. The van der Waals surface area contributed by atoms with Crippen LogP contribution in [0.25, 0.3) is 22.4 Å². The van der Waals surface area contributed by atoms with Crippen molar-refractivity contribution >= 4 is 22.6 Å². The van der Waals surface area contributed by atoms with Gasteiger partial charge in [0.05, 0.1) is 29.7 Å². The van der Waals surface area contributed by atoms with E-state index in [1.807, 2.05) is 80.6 Å². The molecule has 29 heavy (non-hydrogen) atoms. The number of hydrogen-bond acceptors (Lipinski definition) is 3. The van der Waals surface area contributed by atoms with Gasteiger partial charge in [0.1, 0.15) is 11.6 Å². The van der Waals surface area contributed by atoms with Gasteiger partial charge in [0.2, 0.25) is 5.91 Å². The van der Waals surface area contributed by atoms with Crippen LogP contribution in [0.15, 0.2) is 66.7 Å². The van der Waals surface area contributed by atoms with Crippen LogP contribution in [0.4, 0.5) is 5.69 Å². The predicted molar refractivity (Wildman–Crippen MR) is 116 cm³/mol. The molecule has 1 aromatic heterocycles. The molecular weight excluding hydrogens is 362 g/mol. The molecule has 0 saturated carbocycles. The maximum Gasteiger partial charge on any atom is 0.227 e. The number of fused-ring (bicyclic) bond motifs is 1. The zero-order valence-corrected chi connectivity index (χ0v) is 16.5. The van der Waals surface area contributed by atoms with Crippen LogP contribution >= 0.6 is 0 Å². The summed E-state index contributed by atoms with van der Waals surface area (Å²) in [5, 5.41) is 2.99. The molecule has 0 aliphatic carbocycles. The Bertz CT molecular complexity index is 1130. The summed E-state index contributed by atoms with van der Waals surface area (Å²) in [6.07, 6.45) is 0.266. The van der Waals surface area contributed by atoms with Gasteiger partial charge in [-0.25, -0.2) is 4.98 Å². The van der Waals surface area contributed by atoms with Crippen molar-refractivity contribution < 1.29 is 9.53 Å². The minimum atomic E-state index is -0.0983. The summed E-state index contributed by atoms with van der Waals surface area (Å²) >= 11 is 0. The van der Waals surface area contributed by atoms with Crippen molar-refractivity contribution in [1.82, 2.24) is 9.97 Å². The van der Waals surface area contributed by atoms with Crippen molar-refractivity contribution in [3.05, 3.63) is 77.9 Å². The molecule has 5 heteroatoms. The molecule has 0 saturated heterocycles. The molecule has 0 aliphatic heterocycles. The van der Waals surface area contributed by atoms with Gasteiger partial charge in [-0.05, 0) is 55.3 Å². The first-order valence-electron chi connectivity index (χ1n) is 9.65. The number of rotatable bonds is 6. The summed E-state index contributed by atoms with van der Waals surface area (Å²) in [6.45, 7) is 4.39. The molecule has 0 radical (unpaired) electrons. The highest BCUT2D eigenvalue weighted by molar-refractivity contribution is 5.95. The van der Waals surface area contributed by atoms with Crippen molar-refractivity contribution in [2.75, 3.05) is 11.9 Å². The number of nitrogens with zero attached hydrogens (tertiary/aromatic N) is 1. The van der Waals surface area contributed by atoms with E-state index in [4.69, 9.17) is 4.74 Å². The molecule has 2 N–H and O–H groups in total. The normalized spacial score (nSPS) is 10.8. The van der Waals surface area contributed by atoms with Crippen LogP contribution in [0, 0.1) is 13.8 Å². The summed E-state index contributed by atoms with van der Waals surface area (Å²) < 4.78 is 5.80. The molecule has 0 bridgehead atoms. The number of amides is 1. The number of hydrogen-bond donors (Lipinski definition) is 2. The van der Waals surface area contributed by atoms with Crippen LogP contribution in [0.1, 0.15) is 17.5 Å². The molecule has 0 unspecified atom stereocenters. The van der Waals surface area contributed by atoms with Crippen LogP contribution < -0.4 is 10.1 Å². The third-order valence-corrected chi connectivity index (χ3v) is 4.99. The monoisotopic (exact) mass is 385 g/mol. The lowest BCUT2D eigenvalue weighted by molar-refractivity contribution is -0.116. The summed E-state index contributed by atoms with van der Waals surface area (Å²) in [4.78, 5) is 20.4. The molecule has 146 valence electrons. The molecule has 0 spiro atoms. The van der Waals surface area contributed by atoms with Crippen LogP contribution in [-0.4, -0.2) is 22.5 Å². The van der Waals surface area contributed by atoms with Gasteiger partial charge in [0.25, 0.3) is 0 Å². The minimum Gasteiger partial charge on any atom is -0.493 e. The van der Waals surface area contributed by atoms with Crippen molar-refractivity contribution in [3.63, 3.8) is 0 Å². The van der Waals surface area contributed by atoms with Crippen molar-refractivity contribution in [2.45, 2.75) is 20.3 Å². The Morgan fingerprint density at radius 2 is 1.79 bits per heavy atom. The molecular formula is C24H23N3O2. The Labute approximate surface area is 169 Å². The lowest BCUT2D eigenvalue weighted by Gasteiger charge is -2.12. The molecule has 4 aromatic rings. The third kappa shape index (κ3) is 4.14. The van der Waals surface area contributed by atoms with E-state index in [2.05, 4.69) is 15.3 Å². The number of para-hydroxylation sites is 3. The number of carbonyl (C=O) groups is 1. The van der Waals surface area contributed by atoms with Gasteiger partial charge in [-0.3, -0.25) is 4.79 Å². The Kier molecular flexibility index (Phi) is 5.29. The van der Waals surface area contributed by atoms with Crippen LogP contribution in [0.3, 0.4) is 0 Å².